The molecule has 0 aliphatic carbocycles. The number of halogens is 3. The normalized spacial score (nSPS) is 13.9. The van der Waals surface area contributed by atoms with Crippen molar-refractivity contribution in [2.45, 2.75) is 19.2 Å². The lowest BCUT2D eigenvalue weighted by Gasteiger charge is -1.91. The van der Waals surface area contributed by atoms with Crippen LogP contribution in [0.5, 0.6) is 0 Å². The average molecular weight is 137 g/mol. The van der Waals surface area contributed by atoms with E-state index in [2.05, 4.69) is 0 Å². The minimum Gasteiger partial charge on any atom is -0.219 e. The average Bonchev–Trinajstić information content (AvgIpc) is 1.59. The molecule has 0 aliphatic rings. The maximum Gasteiger partial charge on any atom is 0.457 e. The lowest BCUT2D eigenvalue weighted by molar-refractivity contribution is -0.0701. The van der Waals surface area contributed by atoms with Crippen LogP contribution in [0.25, 0.3) is 0 Å². The van der Waals surface area contributed by atoms with Crippen molar-refractivity contribution in [3.63, 3.8) is 0 Å². The highest BCUT2D eigenvalue weighted by molar-refractivity contribution is 5.07. The predicted molar refractivity (Wildman–Crippen MR) is 24.0 cm³/mol. The van der Waals surface area contributed by atoms with E-state index in [9.17, 15) is 18.3 Å². The van der Waals surface area contributed by atoms with Gasteiger partial charge in [0.15, 0.2) is 6.10 Å². The molecule has 1 atom stereocenters. The fraction of sp³-hybridized carbons (Fsp3) is 0.600. The first-order valence-electron chi connectivity index (χ1n) is 2.17. The second kappa shape index (κ2) is 2.74. The molecule has 0 aromatic rings. The van der Waals surface area contributed by atoms with Crippen molar-refractivity contribution in [1.82, 2.24) is 0 Å². The van der Waals surface area contributed by atoms with E-state index in [1.807, 2.05) is 0 Å². The number of hydrogen-bond acceptors (Lipinski definition) is 0. The van der Waals surface area contributed by atoms with Gasteiger partial charge in [0.05, 0.1) is 0 Å². The van der Waals surface area contributed by atoms with Gasteiger partial charge in [-0.05, 0) is 6.92 Å². The largest absolute Gasteiger partial charge is 0.457 e. The van der Waals surface area contributed by atoms with Crippen LogP contribution in [0.4, 0.5) is 13.2 Å². The summed E-state index contributed by atoms with van der Waals surface area (Å²) in [6, 6.07) is 0. The van der Waals surface area contributed by atoms with Crippen molar-refractivity contribution in [3.05, 3.63) is 0 Å². The highest BCUT2D eigenvalue weighted by Gasteiger charge is 2.22. The van der Waals surface area contributed by atoms with E-state index in [1.54, 1.807) is 0 Å². The lowest BCUT2D eigenvalue weighted by Crippen LogP contribution is -2.03. The van der Waals surface area contributed by atoms with Crippen LogP contribution in [0.1, 0.15) is 6.92 Å². The summed E-state index contributed by atoms with van der Waals surface area (Å²) in [5.41, 5.74) is 0. The Morgan fingerprint density at radius 1 is 1.44 bits per heavy atom. The van der Waals surface area contributed by atoms with Gasteiger partial charge in [0.1, 0.15) is 0 Å². The zero-order valence-corrected chi connectivity index (χ0v) is 4.62. The van der Waals surface area contributed by atoms with Crippen molar-refractivity contribution in [3.8, 4) is 11.8 Å². The van der Waals surface area contributed by atoms with Crippen molar-refractivity contribution in [2.75, 3.05) is 0 Å². The Bertz CT molecular complexity index is 137. The van der Waals surface area contributed by atoms with E-state index in [0.717, 1.165) is 12.8 Å². The number of hydrogen-bond donors (Lipinski definition) is 0. The molecule has 0 fully saturated rings. The molecule has 1 radical (unpaired) electrons. The quantitative estimate of drug-likeness (QED) is 0.449. The van der Waals surface area contributed by atoms with Crippen LogP contribution in [-0.2, 0) is 5.11 Å². The zero-order chi connectivity index (χ0) is 7.49. The summed E-state index contributed by atoms with van der Waals surface area (Å²) in [4.78, 5) is 0. The molecule has 1 nitrogen and oxygen atoms in total. The molecule has 0 heterocycles. The summed E-state index contributed by atoms with van der Waals surface area (Å²) in [7, 11) is 0. The van der Waals surface area contributed by atoms with Crippen molar-refractivity contribution in [2.24, 2.45) is 0 Å². The zero-order valence-electron chi connectivity index (χ0n) is 4.62. The summed E-state index contributed by atoms with van der Waals surface area (Å²) < 4.78 is 33.3. The van der Waals surface area contributed by atoms with Crippen LogP contribution >= 0.6 is 0 Å². The summed E-state index contributed by atoms with van der Waals surface area (Å²) >= 11 is 0. The number of alkyl halides is 3. The van der Waals surface area contributed by atoms with E-state index >= 15 is 0 Å². The molecular weight excluding hydrogens is 133 g/mol. The topological polar surface area (TPSA) is 19.9 Å². The Morgan fingerprint density at radius 3 is 2.00 bits per heavy atom. The fourth-order valence-electron chi connectivity index (χ4n) is 0.183. The van der Waals surface area contributed by atoms with Gasteiger partial charge >= 0.3 is 6.18 Å². The van der Waals surface area contributed by atoms with Crippen molar-refractivity contribution in [1.29, 1.82) is 0 Å². The molecule has 0 saturated heterocycles. The molecule has 0 amide bonds. The Morgan fingerprint density at radius 2 is 1.89 bits per heavy atom. The van der Waals surface area contributed by atoms with Crippen LogP contribution in [0.2, 0.25) is 0 Å². The van der Waals surface area contributed by atoms with Gasteiger partial charge in [0, 0.05) is 5.92 Å². The first-order chi connectivity index (χ1) is 3.92. The van der Waals surface area contributed by atoms with Crippen LogP contribution in [0.3, 0.4) is 0 Å². The van der Waals surface area contributed by atoms with E-state index in [1.165, 1.54) is 5.92 Å². The monoisotopic (exact) mass is 137 g/mol. The lowest BCUT2D eigenvalue weighted by atomic mass is 10.4. The third kappa shape index (κ3) is 7.31. The van der Waals surface area contributed by atoms with Crippen LogP contribution in [0.15, 0.2) is 0 Å². The highest BCUT2D eigenvalue weighted by atomic mass is 19.4. The van der Waals surface area contributed by atoms with E-state index in [4.69, 9.17) is 0 Å². The maximum atomic E-state index is 11.1. The molecule has 0 aromatic carbocycles. The van der Waals surface area contributed by atoms with Gasteiger partial charge in [-0.25, -0.2) is 5.11 Å². The van der Waals surface area contributed by atoms with E-state index in [-0.39, 0.29) is 0 Å². The molecule has 0 bridgehead atoms. The van der Waals surface area contributed by atoms with Gasteiger partial charge in [-0.15, -0.1) is 0 Å². The summed E-state index contributed by atoms with van der Waals surface area (Å²) in [6.07, 6.45) is -6.00. The molecule has 0 N–H and O–H groups in total. The third-order valence-electron chi connectivity index (χ3n) is 0.417. The van der Waals surface area contributed by atoms with Gasteiger partial charge in [-0.1, -0.05) is 5.92 Å². The Hall–Kier alpha value is -0.690. The van der Waals surface area contributed by atoms with E-state index < -0.39 is 12.3 Å². The molecule has 0 spiro atoms. The fourth-order valence-corrected chi connectivity index (χ4v) is 0.183. The standard InChI is InChI=1S/C5H4F3O/c1-4(9)2-3-5(6,7)8/h4H,1H3. The Balaban J connectivity index is 3.88. The molecule has 9 heavy (non-hydrogen) atoms. The van der Waals surface area contributed by atoms with Crippen molar-refractivity contribution >= 4 is 0 Å². The van der Waals surface area contributed by atoms with E-state index in [0.29, 0.717) is 0 Å². The maximum absolute atomic E-state index is 11.1. The molecule has 4 heteroatoms. The Labute approximate surface area is 50.5 Å². The van der Waals surface area contributed by atoms with Crippen LogP contribution in [-0.4, -0.2) is 12.3 Å². The van der Waals surface area contributed by atoms with Crippen LogP contribution < -0.4 is 0 Å². The first-order valence-corrected chi connectivity index (χ1v) is 2.17. The highest BCUT2D eigenvalue weighted by Crippen LogP contribution is 2.11. The summed E-state index contributed by atoms with van der Waals surface area (Å²) in [6.45, 7) is 1.05. The molecule has 1 unspecified atom stereocenters. The molecule has 0 aromatic heterocycles. The summed E-state index contributed by atoms with van der Waals surface area (Å²) in [5, 5.41) is 9.90. The minimum atomic E-state index is -4.53. The molecular formula is C5H4F3O. The molecule has 0 rings (SSSR count). The molecule has 0 aliphatic heterocycles. The van der Waals surface area contributed by atoms with Gasteiger partial charge in [0.2, 0.25) is 0 Å². The smallest absolute Gasteiger partial charge is 0.219 e. The predicted octanol–water partition coefficient (Wildman–Crippen LogP) is 1.37. The van der Waals surface area contributed by atoms with Crippen LogP contribution in [0, 0.1) is 11.8 Å². The SMILES string of the molecule is CC([O])C#CC(F)(F)F. The van der Waals surface area contributed by atoms with Gasteiger partial charge in [0.25, 0.3) is 0 Å². The van der Waals surface area contributed by atoms with Gasteiger partial charge < -0.3 is 0 Å². The molecule has 51 valence electrons. The summed E-state index contributed by atoms with van der Waals surface area (Å²) in [5.74, 6) is 2.31. The minimum absolute atomic E-state index is 0.859. The van der Waals surface area contributed by atoms with Gasteiger partial charge in [-0.2, -0.15) is 13.2 Å². The second-order valence-corrected chi connectivity index (χ2v) is 1.41. The second-order valence-electron chi connectivity index (χ2n) is 1.41. The van der Waals surface area contributed by atoms with Crippen molar-refractivity contribution < 1.29 is 18.3 Å². The first kappa shape index (κ1) is 8.31. The Kier molecular flexibility index (Phi) is 2.53. The molecule has 0 saturated carbocycles. The number of rotatable bonds is 0. The third-order valence-corrected chi connectivity index (χ3v) is 0.417. The van der Waals surface area contributed by atoms with Gasteiger partial charge in [-0.3, -0.25) is 0 Å².